The van der Waals surface area contributed by atoms with Crippen LogP contribution in [0, 0.1) is 0 Å². The third-order valence-corrected chi connectivity index (χ3v) is 3.19. The van der Waals surface area contributed by atoms with Crippen molar-refractivity contribution in [1.82, 2.24) is 10.2 Å². The highest BCUT2D eigenvalue weighted by molar-refractivity contribution is 7.98. The maximum absolute atomic E-state index is 12.0. The van der Waals surface area contributed by atoms with Crippen LogP contribution in [0.15, 0.2) is 22.1 Å². The van der Waals surface area contributed by atoms with Gasteiger partial charge in [0, 0.05) is 0 Å². The number of rotatable bonds is 6. The fourth-order valence-electron chi connectivity index (χ4n) is 1.15. The first-order valence-corrected chi connectivity index (χ1v) is 6.64. The summed E-state index contributed by atoms with van der Waals surface area (Å²) in [5.74, 6) is -0.964. The van der Waals surface area contributed by atoms with Crippen molar-refractivity contribution in [3.05, 3.63) is 29.2 Å². The Labute approximate surface area is 104 Å². The smallest absolute Gasteiger partial charge is 0.284 e. The molecule has 0 saturated carbocycles. The molecule has 2 heterocycles. The fourth-order valence-corrected chi connectivity index (χ4v) is 2.04. The minimum atomic E-state index is -2.37. The van der Waals surface area contributed by atoms with Crippen molar-refractivity contribution < 1.29 is 13.2 Å². The number of nitrogens with one attached hydrogen (secondary N) is 1. The molecule has 0 atom stereocenters. The molecule has 17 heavy (non-hydrogen) atoms. The highest BCUT2D eigenvalue weighted by Crippen LogP contribution is 2.21. The average Bonchev–Trinajstić information content (AvgIpc) is 2.95. The molecule has 0 bridgehead atoms. The monoisotopic (exact) mass is 277 g/mol. The van der Waals surface area contributed by atoms with E-state index in [1.165, 1.54) is 11.3 Å². The van der Waals surface area contributed by atoms with E-state index >= 15 is 0 Å². The molecule has 1 N–H and O–H groups in total. The molecular formula is C9H9F2N3OS2. The first kappa shape index (κ1) is 12.3. The van der Waals surface area contributed by atoms with Crippen LogP contribution >= 0.6 is 23.1 Å². The number of furan rings is 1. The molecule has 0 aliphatic carbocycles. The maximum Gasteiger partial charge on any atom is 0.284 e. The molecule has 0 aromatic carbocycles. The van der Waals surface area contributed by atoms with E-state index in [0.717, 1.165) is 0 Å². The van der Waals surface area contributed by atoms with E-state index in [4.69, 9.17) is 4.42 Å². The van der Waals surface area contributed by atoms with Gasteiger partial charge in [-0.15, -0.1) is 10.2 Å². The fraction of sp³-hybridized carbons (Fsp3) is 0.333. The zero-order chi connectivity index (χ0) is 12.1. The third kappa shape index (κ3) is 3.97. The second kappa shape index (κ2) is 5.97. The summed E-state index contributed by atoms with van der Waals surface area (Å²) < 4.78 is 29.3. The standard InChI is InChI=1S/C9H9F2N3OS2/c10-8(11)16-4-7-2-1-6(15-7)3-12-9-14-13-5-17-9/h1-2,5,8H,3-4H2,(H,12,14). The molecule has 0 unspecified atom stereocenters. The predicted molar refractivity (Wildman–Crippen MR) is 63.2 cm³/mol. The van der Waals surface area contributed by atoms with Crippen LogP contribution in [0.5, 0.6) is 0 Å². The number of aromatic nitrogens is 2. The van der Waals surface area contributed by atoms with Gasteiger partial charge < -0.3 is 9.73 Å². The molecule has 0 amide bonds. The topological polar surface area (TPSA) is 51.0 Å². The number of alkyl halides is 2. The molecule has 0 aliphatic heterocycles. The van der Waals surface area contributed by atoms with Crippen LogP contribution in [0.2, 0.25) is 0 Å². The van der Waals surface area contributed by atoms with Crippen LogP contribution in [0.3, 0.4) is 0 Å². The highest BCUT2D eigenvalue weighted by Gasteiger charge is 2.07. The van der Waals surface area contributed by atoms with Crippen molar-refractivity contribution in [1.29, 1.82) is 0 Å². The summed E-state index contributed by atoms with van der Waals surface area (Å²) in [7, 11) is 0. The van der Waals surface area contributed by atoms with Crippen molar-refractivity contribution in [2.45, 2.75) is 18.1 Å². The lowest BCUT2D eigenvalue weighted by Gasteiger charge is -1.99. The van der Waals surface area contributed by atoms with Gasteiger partial charge in [0.1, 0.15) is 17.0 Å². The molecule has 92 valence electrons. The lowest BCUT2D eigenvalue weighted by atomic mass is 10.4. The van der Waals surface area contributed by atoms with Gasteiger partial charge in [-0.3, -0.25) is 0 Å². The summed E-state index contributed by atoms with van der Waals surface area (Å²) in [5, 5.41) is 11.2. The summed E-state index contributed by atoms with van der Waals surface area (Å²) in [5.41, 5.74) is 1.62. The van der Waals surface area contributed by atoms with Gasteiger partial charge in [-0.2, -0.15) is 8.78 Å². The van der Waals surface area contributed by atoms with Crippen LogP contribution in [-0.4, -0.2) is 16.0 Å². The largest absolute Gasteiger partial charge is 0.463 e. The number of thioether (sulfide) groups is 1. The molecule has 0 spiro atoms. The van der Waals surface area contributed by atoms with Gasteiger partial charge in [0.15, 0.2) is 0 Å². The molecule has 0 saturated heterocycles. The zero-order valence-electron chi connectivity index (χ0n) is 8.60. The lowest BCUT2D eigenvalue weighted by Crippen LogP contribution is -1.97. The number of halogens is 2. The molecule has 2 aromatic heterocycles. The SMILES string of the molecule is FC(F)SCc1ccc(CNc2nncs2)o1. The van der Waals surface area contributed by atoms with E-state index < -0.39 is 5.76 Å². The second-order valence-corrected chi connectivity index (χ2v) is 4.85. The van der Waals surface area contributed by atoms with Gasteiger partial charge in [0.05, 0.1) is 12.3 Å². The lowest BCUT2D eigenvalue weighted by molar-refractivity contribution is 0.251. The van der Waals surface area contributed by atoms with Gasteiger partial charge in [0.25, 0.3) is 5.76 Å². The first-order valence-electron chi connectivity index (χ1n) is 4.71. The number of hydrogen-bond donors (Lipinski definition) is 1. The van der Waals surface area contributed by atoms with E-state index in [1.54, 1.807) is 17.6 Å². The molecular weight excluding hydrogens is 268 g/mol. The quantitative estimate of drug-likeness (QED) is 0.878. The van der Waals surface area contributed by atoms with Gasteiger partial charge in [0.2, 0.25) is 5.13 Å². The van der Waals surface area contributed by atoms with Crippen molar-refractivity contribution >= 4 is 28.2 Å². The zero-order valence-corrected chi connectivity index (χ0v) is 10.2. The maximum atomic E-state index is 12.0. The summed E-state index contributed by atoms with van der Waals surface area (Å²) in [6.07, 6.45) is 0. The molecule has 0 aliphatic rings. The molecule has 2 rings (SSSR count). The highest BCUT2D eigenvalue weighted by atomic mass is 32.2. The predicted octanol–water partition coefficient (Wildman–Crippen LogP) is 3.20. The van der Waals surface area contributed by atoms with Crippen molar-refractivity contribution in [2.75, 3.05) is 5.32 Å². The normalized spacial score (nSPS) is 11.0. The summed E-state index contributed by atoms with van der Waals surface area (Å²) in [6.45, 7) is 0.467. The first-order chi connectivity index (χ1) is 8.24. The number of hydrogen-bond acceptors (Lipinski definition) is 6. The van der Waals surface area contributed by atoms with Crippen molar-refractivity contribution in [3.63, 3.8) is 0 Å². The summed E-state index contributed by atoms with van der Waals surface area (Å²) in [6, 6.07) is 3.46. The molecule has 0 radical (unpaired) electrons. The Kier molecular flexibility index (Phi) is 4.32. The average molecular weight is 277 g/mol. The van der Waals surface area contributed by atoms with E-state index in [0.29, 0.717) is 35.0 Å². The molecule has 4 nitrogen and oxygen atoms in total. The van der Waals surface area contributed by atoms with Crippen LogP contribution in [-0.2, 0) is 12.3 Å². The van der Waals surface area contributed by atoms with Crippen molar-refractivity contribution in [3.8, 4) is 0 Å². The van der Waals surface area contributed by atoms with Gasteiger partial charge in [-0.25, -0.2) is 0 Å². The second-order valence-electron chi connectivity index (χ2n) is 3.04. The molecule has 8 heteroatoms. The Morgan fingerprint density at radius 1 is 1.41 bits per heavy atom. The van der Waals surface area contributed by atoms with Crippen LogP contribution in [0.4, 0.5) is 13.9 Å². The molecule has 2 aromatic rings. The van der Waals surface area contributed by atoms with E-state index in [1.807, 2.05) is 0 Å². The summed E-state index contributed by atoms with van der Waals surface area (Å²) in [4.78, 5) is 0. The third-order valence-electron chi connectivity index (χ3n) is 1.84. The minimum Gasteiger partial charge on any atom is -0.463 e. The van der Waals surface area contributed by atoms with E-state index in [-0.39, 0.29) is 5.75 Å². The van der Waals surface area contributed by atoms with E-state index in [9.17, 15) is 8.78 Å². The number of nitrogens with zero attached hydrogens (tertiary/aromatic N) is 2. The Morgan fingerprint density at radius 3 is 2.94 bits per heavy atom. The van der Waals surface area contributed by atoms with Crippen LogP contribution in [0.25, 0.3) is 0 Å². The van der Waals surface area contributed by atoms with Gasteiger partial charge >= 0.3 is 0 Å². The molecule has 0 fully saturated rings. The Hall–Kier alpha value is -1.15. The van der Waals surface area contributed by atoms with Crippen LogP contribution < -0.4 is 5.32 Å². The van der Waals surface area contributed by atoms with Crippen molar-refractivity contribution in [2.24, 2.45) is 0 Å². The number of anilines is 1. The Balaban J connectivity index is 1.81. The van der Waals surface area contributed by atoms with Gasteiger partial charge in [-0.1, -0.05) is 23.1 Å². The summed E-state index contributed by atoms with van der Waals surface area (Å²) >= 11 is 1.93. The Bertz CT molecular complexity index is 447. The minimum absolute atomic E-state index is 0.177. The van der Waals surface area contributed by atoms with E-state index in [2.05, 4.69) is 15.5 Å². The Morgan fingerprint density at radius 2 is 2.24 bits per heavy atom. The van der Waals surface area contributed by atoms with Crippen LogP contribution in [0.1, 0.15) is 11.5 Å². The van der Waals surface area contributed by atoms with Gasteiger partial charge in [-0.05, 0) is 12.1 Å².